The molecule has 5 nitrogen and oxygen atoms in total. The molecule has 0 aromatic heterocycles. The molecule has 5 heteroatoms. The highest BCUT2D eigenvalue weighted by atomic mass is 16.4. The van der Waals surface area contributed by atoms with Gasteiger partial charge in [0.25, 0.3) is 0 Å². The molecule has 0 aromatic carbocycles. The number of nitrogens with one attached hydrogen (secondary N) is 1. The smallest absolute Gasteiger partial charge is 0.321 e. The van der Waals surface area contributed by atoms with Crippen LogP contribution in [0, 0.1) is 5.92 Å². The van der Waals surface area contributed by atoms with E-state index in [1.807, 2.05) is 13.0 Å². The number of piperidine rings is 1. The number of urea groups is 1. The number of hydrogen-bond donors (Lipinski definition) is 2. The van der Waals surface area contributed by atoms with E-state index in [0.29, 0.717) is 25.9 Å². The van der Waals surface area contributed by atoms with Crippen molar-refractivity contribution in [1.82, 2.24) is 10.2 Å². The van der Waals surface area contributed by atoms with Crippen molar-refractivity contribution in [3.8, 4) is 0 Å². The number of carboxylic acids is 1. The zero-order chi connectivity index (χ0) is 12.0. The van der Waals surface area contributed by atoms with Crippen molar-refractivity contribution in [2.45, 2.75) is 26.2 Å². The highest BCUT2D eigenvalue weighted by Gasteiger charge is 2.26. The van der Waals surface area contributed by atoms with Crippen LogP contribution < -0.4 is 5.32 Å². The van der Waals surface area contributed by atoms with Gasteiger partial charge in [0.1, 0.15) is 0 Å². The quantitative estimate of drug-likeness (QED) is 0.764. The number of amides is 2. The number of nitrogens with zero attached hydrogens (tertiary/aromatic N) is 1. The molecule has 0 spiro atoms. The third kappa shape index (κ3) is 3.56. The number of carbonyl (C=O) groups excluding carboxylic acids is 1. The fourth-order valence-electron chi connectivity index (χ4n) is 1.67. The number of aliphatic carboxylic acids is 1. The van der Waals surface area contributed by atoms with Gasteiger partial charge < -0.3 is 15.3 Å². The Balaban J connectivity index is 2.33. The molecule has 2 amide bonds. The molecule has 0 atom stereocenters. The van der Waals surface area contributed by atoms with Crippen molar-refractivity contribution in [2.24, 2.45) is 5.92 Å². The Morgan fingerprint density at radius 2 is 2.06 bits per heavy atom. The lowest BCUT2D eigenvalue weighted by atomic mass is 9.97. The summed E-state index contributed by atoms with van der Waals surface area (Å²) in [4.78, 5) is 23.9. The summed E-state index contributed by atoms with van der Waals surface area (Å²) < 4.78 is 0. The van der Waals surface area contributed by atoms with Crippen LogP contribution in [-0.2, 0) is 4.79 Å². The molecule has 2 N–H and O–H groups in total. The minimum absolute atomic E-state index is 0.145. The van der Waals surface area contributed by atoms with Gasteiger partial charge in [0.2, 0.25) is 0 Å². The van der Waals surface area contributed by atoms with Gasteiger partial charge in [-0.15, -0.1) is 0 Å². The van der Waals surface area contributed by atoms with Crippen molar-refractivity contribution in [3.63, 3.8) is 0 Å². The number of rotatable bonds is 3. The van der Waals surface area contributed by atoms with E-state index in [1.54, 1.807) is 11.1 Å². The fourth-order valence-corrected chi connectivity index (χ4v) is 1.67. The SMILES string of the molecule is CC/C=C/NC(=O)N1CCC(C(=O)O)CC1. The second-order valence-corrected chi connectivity index (χ2v) is 3.86. The monoisotopic (exact) mass is 226 g/mol. The summed E-state index contributed by atoms with van der Waals surface area (Å²) >= 11 is 0. The van der Waals surface area contributed by atoms with E-state index in [9.17, 15) is 9.59 Å². The van der Waals surface area contributed by atoms with Crippen LogP contribution in [0.15, 0.2) is 12.3 Å². The predicted octanol–water partition coefficient (Wildman–Crippen LogP) is 1.42. The van der Waals surface area contributed by atoms with Crippen LogP contribution in [0.1, 0.15) is 26.2 Å². The van der Waals surface area contributed by atoms with Gasteiger partial charge in [0.05, 0.1) is 5.92 Å². The molecule has 0 aromatic rings. The molecule has 1 aliphatic heterocycles. The maximum Gasteiger partial charge on any atom is 0.321 e. The van der Waals surface area contributed by atoms with E-state index >= 15 is 0 Å². The molecule has 0 saturated carbocycles. The van der Waals surface area contributed by atoms with Crippen molar-refractivity contribution < 1.29 is 14.7 Å². The van der Waals surface area contributed by atoms with Crippen molar-refractivity contribution >= 4 is 12.0 Å². The standard InChI is InChI=1S/C11H18N2O3/c1-2-3-6-12-11(16)13-7-4-9(5-8-13)10(14)15/h3,6,9H,2,4-5,7-8H2,1H3,(H,12,16)(H,14,15)/b6-3+. The van der Waals surface area contributed by atoms with Gasteiger partial charge in [-0.2, -0.15) is 0 Å². The molecule has 1 heterocycles. The first kappa shape index (κ1) is 12.5. The second-order valence-electron chi connectivity index (χ2n) is 3.86. The number of allylic oxidation sites excluding steroid dienone is 1. The second kappa shape index (κ2) is 6.15. The predicted molar refractivity (Wildman–Crippen MR) is 59.9 cm³/mol. The highest BCUT2D eigenvalue weighted by molar-refractivity contribution is 5.76. The summed E-state index contributed by atoms with van der Waals surface area (Å²) in [6, 6.07) is -0.145. The molecular weight excluding hydrogens is 208 g/mol. The number of hydrogen-bond acceptors (Lipinski definition) is 2. The first-order valence-electron chi connectivity index (χ1n) is 5.58. The highest BCUT2D eigenvalue weighted by Crippen LogP contribution is 2.16. The molecule has 1 aliphatic rings. The molecular formula is C11H18N2O3. The van der Waals surface area contributed by atoms with Gasteiger partial charge in [-0.3, -0.25) is 4.79 Å². The molecule has 90 valence electrons. The average Bonchev–Trinajstić information content (AvgIpc) is 2.29. The lowest BCUT2D eigenvalue weighted by molar-refractivity contribution is -0.143. The van der Waals surface area contributed by atoms with Crippen molar-refractivity contribution in [1.29, 1.82) is 0 Å². The van der Waals surface area contributed by atoms with Crippen LogP contribution in [0.5, 0.6) is 0 Å². The van der Waals surface area contributed by atoms with E-state index in [2.05, 4.69) is 5.32 Å². The van der Waals surface area contributed by atoms with E-state index in [-0.39, 0.29) is 11.9 Å². The molecule has 0 unspecified atom stereocenters. The fraction of sp³-hybridized carbons (Fsp3) is 0.636. The van der Waals surface area contributed by atoms with Gasteiger partial charge in [-0.1, -0.05) is 13.0 Å². The first-order chi connectivity index (χ1) is 7.65. The Kier molecular flexibility index (Phi) is 4.82. The van der Waals surface area contributed by atoms with Crippen LogP contribution in [0.4, 0.5) is 4.79 Å². The van der Waals surface area contributed by atoms with Gasteiger partial charge in [-0.05, 0) is 19.3 Å². The molecule has 0 radical (unpaired) electrons. The van der Waals surface area contributed by atoms with E-state index in [1.165, 1.54) is 0 Å². The summed E-state index contributed by atoms with van der Waals surface area (Å²) in [5, 5.41) is 11.5. The first-order valence-corrected chi connectivity index (χ1v) is 5.58. The Labute approximate surface area is 95.1 Å². The number of carboxylic acid groups (broad SMARTS) is 1. The molecule has 1 fully saturated rings. The minimum Gasteiger partial charge on any atom is -0.481 e. The van der Waals surface area contributed by atoms with Gasteiger partial charge >= 0.3 is 12.0 Å². The largest absolute Gasteiger partial charge is 0.481 e. The Morgan fingerprint density at radius 1 is 1.44 bits per heavy atom. The van der Waals surface area contributed by atoms with Crippen molar-refractivity contribution in [2.75, 3.05) is 13.1 Å². The third-order valence-corrected chi connectivity index (χ3v) is 2.69. The molecule has 0 bridgehead atoms. The lowest BCUT2D eigenvalue weighted by Crippen LogP contribution is -2.44. The van der Waals surface area contributed by atoms with E-state index < -0.39 is 5.97 Å². The summed E-state index contributed by atoms with van der Waals surface area (Å²) in [7, 11) is 0. The van der Waals surface area contributed by atoms with Crippen molar-refractivity contribution in [3.05, 3.63) is 12.3 Å². The Bertz CT molecular complexity index is 281. The topological polar surface area (TPSA) is 69.6 Å². The maximum absolute atomic E-state index is 11.6. The summed E-state index contributed by atoms with van der Waals surface area (Å²) in [6.45, 7) is 3.02. The Morgan fingerprint density at radius 3 is 2.56 bits per heavy atom. The third-order valence-electron chi connectivity index (χ3n) is 2.69. The van der Waals surface area contributed by atoms with Gasteiger partial charge in [-0.25, -0.2) is 4.79 Å². The van der Waals surface area contributed by atoms with Crippen LogP contribution in [0.25, 0.3) is 0 Å². The molecule has 1 rings (SSSR count). The maximum atomic E-state index is 11.6. The summed E-state index contributed by atoms with van der Waals surface area (Å²) in [6.07, 6.45) is 5.45. The lowest BCUT2D eigenvalue weighted by Gasteiger charge is -2.29. The number of carbonyl (C=O) groups is 2. The van der Waals surface area contributed by atoms with Gasteiger partial charge in [0, 0.05) is 19.3 Å². The zero-order valence-corrected chi connectivity index (χ0v) is 9.48. The van der Waals surface area contributed by atoms with Crippen LogP contribution in [0.3, 0.4) is 0 Å². The van der Waals surface area contributed by atoms with Crippen LogP contribution in [0.2, 0.25) is 0 Å². The van der Waals surface area contributed by atoms with Gasteiger partial charge in [0.15, 0.2) is 0 Å². The van der Waals surface area contributed by atoms with E-state index in [0.717, 1.165) is 6.42 Å². The van der Waals surface area contributed by atoms with E-state index in [4.69, 9.17) is 5.11 Å². The minimum atomic E-state index is -0.758. The molecule has 16 heavy (non-hydrogen) atoms. The average molecular weight is 226 g/mol. The van der Waals surface area contributed by atoms with Crippen LogP contribution >= 0.6 is 0 Å². The summed E-state index contributed by atoms with van der Waals surface area (Å²) in [5.74, 6) is -1.05. The zero-order valence-electron chi connectivity index (χ0n) is 9.48. The summed E-state index contributed by atoms with van der Waals surface area (Å²) in [5.41, 5.74) is 0. The number of likely N-dealkylation sites (tertiary alicyclic amines) is 1. The normalized spacial score (nSPS) is 17.7. The molecule has 1 saturated heterocycles. The van der Waals surface area contributed by atoms with Crippen LogP contribution in [-0.4, -0.2) is 35.1 Å². The Hall–Kier alpha value is -1.52. The molecule has 0 aliphatic carbocycles.